The van der Waals surface area contributed by atoms with Crippen LogP contribution in [0.3, 0.4) is 0 Å². The number of aliphatic hydroxyl groups excluding tert-OH is 1. The fourth-order valence-electron chi connectivity index (χ4n) is 2.01. The Kier molecular flexibility index (Phi) is 3.74. The van der Waals surface area contributed by atoms with Crippen molar-refractivity contribution < 1.29 is 5.11 Å². The van der Waals surface area contributed by atoms with Gasteiger partial charge in [0.2, 0.25) is 0 Å². The number of aliphatic hydroxyl groups is 1. The number of piperidine rings is 1. The van der Waals surface area contributed by atoms with Crippen molar-refractivity contribution in [1.82, 2.24) is 4.90 Å². The van der Waals surface area contributed by atoms with E-state index in [0.29, 0.717) is 12.0 Å². The Morgan fingerprint density at radius 2 is 1.85 bits per heavy atom. The first-order valence-corrected chi connectivity index (χ1v) is 5.42. The predicted molar refractivity (Wildman–Crippen MR) is 55.7 cm³/mol. The molecular weight excluding hydrogens is 162 g/mol. The molecule has 1 fully saturated rings. The molecule has 0 atom stereocenters. The first-order valence-electron chi connectivity index (χ1n) is 5.42. The monoisotopic (exact) mass is 185 g/mol. The van der Waals surface area contributed by atoms with E-state index < -0.39 is 0 Å². The maximum Gasteiger partial charge on any atom is 0.0558 e. The highest BCUT2D eigenvalue weighted by Crippen LogP contribution is 2.37. The molecule has 13 heavy (non-hydrogen) atoms. The summed E-state index contributed by atoms with van der Waals surface area (Å²) in [6.45, 7) is 10.5. The first kappa shape index (κ1) is 11.0. The second-order valence-corrected chi connectivity index (χ2v) is 4.87. The summed E-state index contributed by atoms with van der Waals surface area (Å²) in [5.74, 6) is 0.781. The third kappa shape index (κ3) is 2.68. The van der Waals surface area contributed by atoms with Gasteiger partial charge in [0.15, 0.2) is 0 Å². The van der Waals surface area contributed by atoms with Crippen molar-refractivity contribution in [3.8, 4) is 0 Å². The maximum absolute atomic E-state index is 8.82. The summed E-state index contributed by atoms with van der Waals surface area (Å²) in [6.07, 6.45) is 2.56. The Hall–Kier alpha value is -0.0800. The number of likely N-dealkylation sites (tertiary alicyclic amines) is 1. The lowest BCUT2D eigenvalue weighted by Gasteiger charge is -2.42. The molecule has 1 heterocycles. The number of rotatable bonds is 3. The summed E-state index contributed by atoms with van der Waals surface area (Å²) in [4.78, 5) is 2.37. The van der Waals surface area contributed by atoms with Gasteiger partial charge in [-0.05, 0) is 37.3 Å². The van der Waals surface area contributed by atoms with E-state index in [-0.39, 0.29) is 0 Å². The molecule has 0 amide bonds. The lowest BCUT2D eigenvalue weighted by molar-refractivity contribution is 0.0677. The highest BCUT2D eigenvalue weighted by atomic mass is 16.3. The van der Waals surface area contributed by atoms with E-state index >= 15 is 0 Å². The average Bonchev–Trinajstić information content (AvgIpc) is 2.09. The van der Waals surface area contributed by atoms with Crippen LogP contribution in [-0.2, 0) is 0 Å². The first-order chi connectivity index (χ1) is 6.08. The zero-order valence-corrected chi connectivity index (χ0v) is 9.21. The van der Waals surface area contributed by atoms with E-state index in [2.05, 4.69) is 25.7 Å². The van der Waals surface area contributed by atoms with Crippen molar-refractivity contribution in [2.75, 3.05) is 26.2 Å². The molecule has 1 saturated heterocycles. The molecule has 0 saturated carbocycles. The Labute approximate surface area is 81.9 Å². The van der Waals surface area contributed by atoms with E-state index in [0.717, 1.165) is 25.6 Å². The Morgan fingerprint density at radius 1 is 1.31 bits per heavy atom. The summed E-state index contributed by atoms with van der Waals surface area (Å²) in [6, 6.07) is 0. The minimum atomic E-state index is 0.304. The minimum Gasteiger partial charge on any atom is -0.395 e. The van der Waals surface area contributed by atoms with Crippen LogP contribution in [0.25, 0.3) is 0 Å². The van der Waals surface area contributed by atoms with Gasteiger partial charge in [-0.25, -0.2) is 0 Å². The van der Waals surface area contributed by atoms with Crippen LogP contribution in [0.4, 0.5) is 0 Å². The predicted octanol–water partition coefficient (Wildman–Crippen LogP) is 1.74. The van der Waals surface area contributed by atoms with Crippen LogP contribution in [0.1, 0.15) is 33.6 Å². The van der Waals surface area contributed by atoms with Crippen molar-refractivity contribution in [2.45, 2.75) is 33.6 Å². The van der Waals surface area contributed by atoms with Crippen molar-refractivity contribution in [2.24, 2.45) is 11.3 Å². The average molecular weight is 185 g/mol. The molecule has 0 aromatic carbocycles. The van der Waals surface area contributed by atoms with Gasteiger partial charge in [-0.15, -0.1) is 0 Å². The van der Waals surface area contributed by atoms with Crippen LogP contribution in [0.2, 0.25) is 0 Å². The van der Waals surface area contributed by atoms with Crippen molar-refractivity contribution >= 4 is 0 Å². The van der Waals surface area contributed by atoms with Gasteiger partial charge in [0.1, 0.15) is 0 Å². The van der Waals surface area contributed by atoms with Crippen molar-refractivity contribution in [3.63, 3.8) is 0 Å². The molecule has 1 N–H and O–H groups in total. The summed E-state index contributed by atoms with van der Waals surface area (Å²) < 4.78 is 0. The third-order valence-electron chi connectivity index (χ3n) is 3.81. The maximum atomic E-state index is 8.82. The molecular formula is C11H23NO. The SMILES string of the molecule is CC(C)C1(C)CCN(CCO)CC1. The summed E-state index contributed by atoms with van der Waals surface area (Å²) in [5, 5.41) is 8.82. The van der Waals surface area contributed by atoms with Gasteiger partial charge >= 0.3 is 0 Å². The molecule has 0 bridgehead atoms. The summed E-state index contributed by atoms with van der Waals surface area (Å²) in [5.41, 5.74) is 0.534. The topological polar surface area (TPSA) is 23.5 Å². The molecule has 0 unspecified atom stereocenters. The molecule has 78 valence electrons. The van der Waals surface area contributed by atoms with Gasteiger partial charge in [0.05, 0.1) is 6.61 Å². The lowest BCUT2D eigenvalue weighted by atomic mass is 9.72. The second-order valence-electron chi connectivity index (χ2n) is 4.87. The molecule has 2 nitrogen and oxygen atoms in total. The highest BCUT2D eigenvalue weighted by Gasteiger charge is 2.32. The van der Waals surface area contributed by atoms with Gasteiger partial charge in [-0.1, -0.05) is 20.8 Å². The zero-order chi connectivity index (χ0) is 9.90. The Balaban J connectivity index is 2.37. The standard InChI is InChI=1S/C11H23NO/c1-10(2)11(3)4-6-12(7-5-11)8-9-13/h10,13H,4-9H2,1-3H3. The minimum absolute atomic E-state index is 0.304. The van der Waals surface area contributed by atoms with Gasteiger partial charge in [-0.2, -0.15) is 0 Å². The molecule has 1 aliphatic rings. The zero-order valence-electron chi connectivity index (χ0n) is 9.21. The Bertz CT molecular complexity index is 148. The molecule has 0 aromatic heterocycles. The highest BCUT2D eigenvalue weighted by molar-refractivity contribution is 4.84. The van der Waals surface area contributed by atoms with E-state index in [4.69, 9.17) is 5.11 Å². The van der Waals surface area contributed by atoms with Gasteiger partial charge in [0.25, 0.3) is 0 Å². The number of β-amino-alcohol motifs (C(OH)–C–C–N with tert-alkyl or cyclic N) is 1. The van der Waals surface area contributed by atoms with E-state index in [9.17, 15) is 0 Å². The van der Waals surface area contributed by atoms with Crippen LogP contribution < -0.4 is 0 Å². The fraction of sp³-hybridized carbons (Fsp3) is 1.00. The number of hydrogen-bond acceptors (Lipinski definition) is 2. The fourth-order valence-corrected chi connectivity index (χ4v) is 2.01. The molecule has 0 aliphatic carbocycles. The molecule has 0 aromatic rings. The molecule has 1 rings (SSSR count). The van der Waals surface area contributed by atoms with E-state index in [1.807, 2.05) is 0 Å². The van der Waals surface area contributed by atoms with Crippen molar-refractivity contribution in [1.29, 1.82) is 0 Å². The van der Waals surface area contributed by atoms with Crippen LogP contribution in [-0.4, -0.2) is 36.2 Å². The van der Waals surface area contributed by atoms with Gasteiger partial charge < -0.3 is 10.0 Å². The van der Waals surface area contributed by atoms with Gasteiger partial charge in [-0.3, -0.25) is 0 Å². The third-order valence-corrected chi connectivity index (χ3v) is 3.81. The van der Waals surface area contributed by atoms with Crippen LogP contribution in [0.15, 0.2) is 0 Å². The summed E-state index contributed by atoms with van der Waals surface area (Å²) in [7, 11) is 0. The van der Waals surface area contributed by atoms with E-state index in [1.54, 1.807) is 0 Å². The normalized spacial score (nSPS) is 23.8. The summed E-state index contributed by atoms with van der Waals surface area (Å²) >= 11 is 0. The van der Waals surface area contributed by atoms with Crippen LogP contribution in [0, 0.1) is 11.3 Å². The number of hydrogen-bond donors (Lipinski definition) is 1. The quantitative estimate of drug-likeness (QED) is 0.724. The molecule has 1 aliphatic heterocycles. The molecule has 0 radical (unpaired) electrons. The van der Waals surface area contributed by atoms with Crippen LogP contribution >= 0.6 is 0 Å². The molecule has 2 heteroatoms. The second kappa shape index (κ2) is 4.43. The largest absolute Gasteiger partial charge is 0.395 e. The van der Waals surface area contributed by atoms with Crippen LogP contribution in [0.5, 0.6) is 0 Å². The van der Waals surface area contributed by atoms with Gasteiger partial charge in [0, 0.05) is 6.54 Å². The number of nitrogens with zero attached hydrogens (tertiary/aromatic N) is 1. The Morgan fingerprint density at radius 3 is 2.23 bits per heavy atom. The van der Waals surface area contributed by atoms with E-state index in [1.165, 1.54) is 12.8 Å². The smallest absolute Gasteiger partial charge is 0.0558 e. The van der Waals surface area contributed by atoms with Crippen molar-refractivity contribution in [3.05, 3.63) is 0 Å². The molecule has 0 spiro atoms. The lowest BCUT2D eigenvalue weighted by Crippen LogP contribution is -2.42.